The van der Waals surface area contributed by atoms with E-state index >= 15 is 0 Å². The maximum Gasteiger partial charge on any atom is 0.223 e. The van der Waals surface area contributed by atoms with Gasteiger partial charge in [-0.15, -0.1) is 0 Å². The van der Waals surface area contributed by atoms with Gasteiger partial charge in [0.25, 0.3) is 0 Å². The summed E-state index contributed by atoms with van der Waals surface area (Å²) in [5.74, 6) is -0.354. The quantitative estimate of drug-likeness (QED) is 0.788. The monoisotopic (exact) mass is 305 g/mol. The van der Waals surface area contributed by atoms with Gasteiger partial charge in [0.05, 0.1) is 24.1 Å². The van der Waals surface area contributed by atoms with Crippen molar-refractivity contribution in [3.05, 3.63) is 77.7 Å². The van der Waals surface area contributed by atoms with Gasteiger partial charge in [0, 0.05) is 12.1 Å². The minimum Gasteiger partial charge on any atom is -0.369 e. The van der Waals surface area contributed by atoms with Crippen LogP contribution in [0.5, 0.6) is 0 Å². The third kappa shape index (κ3) is 3.48. The van der Waals surface area contributed by atoms with Crippen LogP contribution < -0.4 is 5.73 Å². The molecule has 0 aliphatic carbocycles. The van der Waals surface area contributed by atoms with Gasteiger partial charge in [-0.1, -0.05) is 60.2 Å². The summed E-state index contributed by atoms with van der Waals surface area (Å²) in [7, 11) is 0. The largest absolute Gasteiger partial charge is 0.369 e. The number of rotatable bonds is 5. The number of hydrogen-bond donors (Lipinski definition) is 1. The van der Waals surface area contributed by atoms with Gasteiger partial charge in [0.2, 0.25) is 5.91 Å². The molecule has 0 bridgehead atoms. The number of carbonyl (C=O) groups excluding carboxylic acids is 1. The van der Waals surface area contributed by atoms with Crippen LogP contribution in [0.2, 0.25) is 0 Å². The molecule has 1 aromatic heterocycles. The number of imidazole rings is 1. The highest BCUT2D eigenvalue weighted by Crippen LogP contribution is 2.23. The Morgan fingerprint density at radius 3 is 2.61 bits per heavy atom. The average molecular weight is 305 g/mol. The summed E-state index contributed by atoms with van der Waals surface area (Å²) in [6.07, 6.45) is 1.96. The summed E-state index contributed by atoms with van der Waals surface area (Å²) in [4.78, 5) is 16.0. The molecule has 0 aliphatic heterocycles. The Balaban J connectivity index is 2.00. The Labute approximate surface area is 135 Å². The van der Waals surface area contributed by atoms with Crippen molar-refractivity contribution < 1.29 is 4.79 Å². The Bertz CT molecular complexity index is 822. The molecule has 2 N–H and O–H groups in total. The van der Waals surface area contributed by atoms with E-state index in [0.717, 1.165) is 17.0 Å². The van der Waals surface area contributed by atoms with Crippen LogP contribution in [-0.2, 0) is 17.8 Å². The molecular formula is C19H19N3O. The molecule has 1 amide bonds. The minimum atomic E-state index is -0.354. The van der Waals surface area contributed by atoms with E-state index in [9.17, 15) is 4.79 Å². The minimum absolute atomic E-state index is 0.177. The lowest BCUT2D eigenvalue weighted by atomic mass is 10.1. The van der Waals surface area contributed by atoms with Gasteiger partial charge < -0.3 is 10.3 Å². The van der Waals surface area contributed by atoms with E-state index in [1.807, 2.05) is 41.0 Å². The second kappa shape index (κ2) is 6.48. The van der Waals surface area contributed by atoms with Gasteiger partial charge >= 0.3 is 0 Å². The van der Waals surface area contributed by atoms with Crippen molar-refractivity contribution in [2.24, 2.45) is 5.73 Å². The molecule has 0 spiro atoms. The fraction of sp³-hybridized carbons (Fsp3) is 0.158. The van der Waals surface area contributed by atoms with Gasteiger partial charge in [-0.2, -0.15) is 0 Å². The molecule has 1 heterocycles. The van der Waals surface area contributed by atoms with Gasteiger partial charge in [-0.25, -0.2) is 4.98 Å². The van der Waals surface area contributed by atoms with E-state index in [1.165, 1.54) is 11.1 Å². The molecule has 0 saturated carbocycles. The van der Waals surface area contributed by atoms with Crippen LogP contribution in [-0.4, -0.2) is 15.5 Å². The van der Waals surface area contributed by atoms with Crippen molar-refractivity contribution in [2.75, 3.05) is 0 Å². The number of nitrogens with zero attached hydrogens (tertiary/aromatic N) is 2. The number of nitrogens with two attached hydrogens (primary N) is 1. The lowest BCUT2D eigenvalue weighted by Crippen LogP contribution is -2.17. The summed E-state index contributed by atoms with van der Waals surface area (Å²) in [5, 5.41) is 0. The zero-order chi connectivity index (χ0) is 16.2. The first-order valence-electron chi connectivity index (χ1n) is 7.57. The third-order valence-electron chi connectivity index (χ3n) is 3.77. The molecule has 0 radical (unpaired) electrons. The SMILES string of the molecule is Cc1cccc(Cn2cnc(-c3ccccc3)c2CC(N)=O)c1. The topological polar surface area (TPSA) is 60.9 Å². The summed E-state index contributed by atoms with van der Waals surface area (Å²) in [6.45, 7) is 2.74. The molecule has 0 aliphatic rings. The molecule has 23 heavy (non-hydrogen) atoms. The number of amides is 1. The molecule has 0 atom stereocenters. The second-order valence-electron chi connectivity index (χ2n) is 5.67. The van der Waals surface area contributed by atoms with Crippen LogP contribution in [0.4, 0.5) is 0 Å². The van der Waals surface area contributed by atoms with E-state index in [2.05, 4.69) is 30.1 Å². The van der Waals surface area contributed by atoms with Crippen LogP contribution in [0.15, 0.2) is 60.9 Å². The number of aromatic nitrogens is 2. The maximum atomic E-state index is 11.5. The van der Waals surface area contributed by atoms with Crippen molar-refractivity contribution in [2.45, 2.75) is 19.9 Å². The number of carbonyl (C=O) groups is 1. The highest BCUT2D eigenvalue weighted by atomic mass is 16.1. The summed E-state index contributed by atoms with van der Waals surface area (Å²) in [6, 6.07) is 18.2. The van der Waals surface area contributed by atoms with E-state index in [-0.39, 0.29) is 12.3 Å². The van der Waals surface area contributed by atoms with Crippen LogP contribution in [0.1, 0.15) is 16.8 Å². The normalized spacial score (nSPS) is 10.7. The molecule has 4 heteroatoms. The Morgan fingerprint density at radius 2 is 1.91 bits per heavy atom. The van der Waals surface area contributed by atoms with E-state index in [4.69, 9.17) is 5.73 Å². The lowest BCUT2D eigenvalue weighted by molar-refractivity contribution is -0.117. The first kappa shape index (κ1) is 15.0. The molecule has 3 aromatic rings. The molecule has 0 fully saturated rings. The van der Waals surface area contributed by atoms with Gasteiger partial charge in [-0.05, 0) is 12.5 Å². The number of hydrogen-bond acceptors (Lipinski definition) is 2. The summed E-state index contributed by atoms with van der Waals surface area (Å²) < 4.78 is 2.00. The van der Waals surface area contributed by atoms with Gasteiger partial charge in [0.15, 0.2) is 0 Å². The van der Waals surface area contributed by atoms with Crippen molar-refractivity contribution in [3.63, 3.8) is 0 Å². The fourth-order valence-corrected chi connectivity index (χ4v) is 2.74. The molecule has 116 valence electrons. The molecule has 4 nitrogen and oxygen atoms in total. The highest BCUT2D eigenvalue weighted by molar-refractivity contribution is 5.79. The number of aryl methyl sites for hydroxylation is 1. The van der Waals surface area contributed by atoms with Crippen LogP contribution in [0.3, 0.4) is 0 Å². The molecular weight excluding hydrogens is 286 g/mol. The van der Waals surface area contributed by atoms with Crippen molar-refractivity contribution >= 4 is 5.91 Å². The summed E-state index contributed by atoms with van der Waals surface area (Å²) >= 11 is 0. The predicted molar refractivity (Wildman–Crippen MR) is 90.8 cm³/mol. The second-order valence-corrected chi connectivity index (χ2v) is 5.67. The highest BCUT2D eigenvalue weighted by Gasteiger charge is 2.15. The van der Waals surface area contributed by atoms with Gasteiger partial charge in [0.1, 0.15) is 0 Å². The third-order valence-corrected chi connectivity index (χ3v) is 3.77. The number of primary amides is 1. The zero-order valence-corrected chi connectivity index (χ0v) is 13.1. The van der Waals surface area contributed by atoms with Gasteiger partial charge in [-0.3, -0.25) is 4.79 Å². The Hall–Kier alpha value is -2.88. The van der Waals surface area contributed by atoms with Crippen molar-refractivity contribution in [1.29, 1.82) is 0 Å². The average Bonchev–Trinajstić information content (AvgIpc) is 2.90. The summed E-state index contributed by atoms with van der Waals surface area (Å²) in [5.41, 5.74) is 10.5. The first-order chi connectivity index (χ1) is 11.1. The molecule has 3 rings (SSSR count). The van der Waals surface area contributed by atoms with Crippen molar-refractivity contribution in [1.82, 2.24) is 9.55 Å². The van der Waals surface area contributed by atoms with Crippen LogP contribution in [0.25, 0.3) is 11.3 Å². The van der Waals surface area contributed by atoms with E-state index in [0.29, 0.717) is 6.54 Å². The van der Waals surface area contributed by atoms with Crippen LogP contribution in [0, 0.1) is 6.92 Å². The van der Waals surface area contributed by atoms with Crippen molar-refractivity contribution in [3.8, 4) is 11.3 Å². The first-order valence-corrected chi connectivity index (χ1v) is 7.57. The molecule has 0 saturated heterocycles. The Morgan fingerprint density at radius 1 is 1.13 bits per heavy atom. The standard InChI is InChI=1S/C19H19N3O/c1-14-6-5-7-15(10-14)12-22-13-21-19(17(22)11-18(20)23)16-8-3-2-4-9-16/h2-10,13H,11-12H2,1H3,(H2,20,23). The molecule has 0 unspecified atom stereocenters. The smallest absolute Gasteiger partial charge is 0.223 e. The predicted octanol–water partition coefficient (Wildman–Crippen LogP) is 2.93. The Kier molecular flexibility index (Phi) is 4.24. The maximum absolute atomic E-state index is 11.5. The fourth-order valence-electron chi connectivity index (χ4n) is 2.74. The number of benzene rings is 2. The molecule has 2 aromatic carbocycles. The zero-order valence-electron chi connectivity index (χ0n) is 13.1. The van der Waals surface area contributed by atoms with E-state index < -0.39 is 0 Å². The van der Waals surface area contributed by atoms with E-state index in [1.54, 1.807) is 6.33 Å². The lowest BCUT2D eigenvalue weighted by Gasteiger charge is -2.10. The van der Waals surface area contributed by atoms with Crippen LogP contribution >= 0.6 is 0 Å².